The van der Waals surface area contributed by atoms with Crippen LogP contribution in [-0.4, -0.2) is 21.8 Å². The lowest BCUT2D eigenvalue weighted by atomic mass is 10.1. The molecule has 0 aliphatic carbocycles. The van der Waals surface area contributed by atoms with Crippen molar-refractivity contribution in [3.8, 4) is 0 Å². The maximum Gasteiger partial charge on any atom is 0.356 e. The van der Waals surface area contributed by atoms with Crippen LogP contribution in [0.3, 0.4) is 0 Å². The van der Waals surface area contributed by atoms with Gasteiger partial charge in [-0.25, -0.2) is 9.78 Å². The van der Waals surface area contributed by atoms with E-state index in [1.165, 1.54) is 0 Å². The van der Waals surface area contributed by atoms with E-state index in [9.17, 15) is 4.79 Å². The normalized spacial score (nSPS) is 11.5. The topological polar surface area (TPSA) is 74.6 Å². The van der Waals surface area contributed by atoms with E-state index in [4.69, 9.17) is 63.1 Å². The Morgan fingerprint density at radius 3 is 2.46 bits per heavy atom. The number of nitrogens with zero attached hydrogens (tertiary/aromatic N) is 2. The van der Waals surface area contributed by atoms with Gasteiger partial charge in [0.25, 0.3) is 0 Å². The van der Waals surface area contributed by atoms with Crippen molar-refractivity contribution >= 4 is 75.4 Å². The molecule has 2 rings (SSSR count). The van der Waals surface area contributed by atoms with E-state index < -0.39 is 11.7 Å². The summed E-state index contributed by atoms with van der Waals surface area (Å²) in [5, 5.41) is 13.6. The Balaban J connectivity index is 2.44. The first-order valence-corrected chi connectivity index (χ1v) is 8.14. The van der Waals surface area contributed by atoms with E-state index >= 15 is 0 Å². The number of aromatic nitrogens is 1. The fraction of sp³-hybridized carbons (Fsp3) is 0.0714. The molecule has 2 aromatic rings. The largest absolute Gasteiger partial charge is 0.476 e. The molecule has 5 nitrogen and oxygen atoms in total. The summed E-state index contributed by atoms with van der Waals surface area (Å²) in [6.45, 7) is 1.67. The van der Waals surface area contributed by atoms with Gasteiger partial charge in [0.1, 0.15) is 10.0 Å². The minimum absolute atomic E-state index is 0.0215. The molecule has 1 heterocycles. The van der Waals surface area contributed by atoms with E-state index in [-0.39, 0.29) is 20.9 Å². The van der Waals surface area contributed by atoms with Crippen molar-refractivity contribution in [1.29, 1.82) is 0 Å². The van der Waals surface area contributed by atoms with Gasteiger partial charge >= 0.3 is 5.97 Å². The van der Waals surface area contributed by atoms with Gasteiger partial charge < -0.3 is 5.11 Å². The molecule has 0 bridgehead atoms. The molecule has 1 aromatic heterocycles. The lowest BCUT2D eigenvalue weighted by Gasteiger charge is -2.11. The highest BCUT2D eigenvalue weighted by atomic mass is 35.5. The van der Waals surface area contributed by atoms with Gasteiger partial charge in [0.15, 0.2) is 10.8 Å². The smallest absolute Gasteiger partial charge is 0.356 e. The fourth-order valence-electron chi connectivity index (χ4n) is 1.73. The van der Waals surface area contributed by atoms with Gasteiger partial charge in [0, 0.05) is 15.6 Å². The van der Waals surface area contributed by atoms with Gasteiger partial charge in [-0.15, -0.1) is 0 Å². The first-order chi connectivity index (χ1) is 11.2. The molecule has 0 saturated carbocycles. The molecule has 0 aliphatic rings. The molecule has 0 aliphatic heterocycles. The van der Waals surface area contributed by atoms with Gasteiger partial charge in [-0.1, -0.05) is 58.0 Å². The number of carboxylic acids is 1. The monoisotopic (exact) mass is 425 g/mol. The number of aromatic carboxylic acids is 1. The van der Waals surface area contributed by atoms with E-state index in [0.717, 1.165) is 0 Å². The van der Waals surface area contributed by atoms with Crippen LogP contribution in [0, 0.1) is 0 Å². The first-order valence-electron chi connectivity index (χ1n) is 6.26. The number of pyridine rings is 1. The molecule has 0 amide bonds. The van der Waals surface area contributed by atoms with Crippen molar-refractivity contribution in [2.75, 3.05) is 5.43 Å². The average Bonchev–Trinajstić information content (AvgIpc) is 2.52. The van der Waals surface area contributed by atoms with Crippen LogP contribution in [0.1, 0.15) is 23.0 Å². The Hall–Kier alpha value is -1.24. The second-order valence-corrected chi connectivity index (χ2v) is 6.45. The summed E-state index contributed by atoms with van der Waals surface area (Å²) >= 11 is 29.9. The van der Waals surface area contributed by atoms with Crippen LogP contribution in [0.4, 0.5) is 5.69 Å². The van der Waals surface area contributed by atoms with Gasteiger partial charge in [-0.05, 0) is 25.1 Å². The predicted octanol–water partition coefficient (Wildman–Crippen LogP) is 5.88. The zero-order chi connectivity index (χ0) is 18.0. The molecule has 0 radical (unpaired) electrons. The first kappa shape index (κ1) is 19.1. The van der Waals surface area contributed by atoms with Crippen LogP contribution in [-0.2, 0) is 0 Å². The maximum absolute atomic E-state index is 11.1. The highest BCUT2D eigenvalue weighted by Gasteiger charge is 2.20. The fourth-order valence-corrected chi connectivity index (χ4v) is 2.82. The molecule has 10 heteroatoms. The molecule has 0 saturated heterocycles. The Kier molecular flexibility index (Phi) is 6.17. The van der Waals surface area contributed by atoms with E-state index in [0.29, 0.717) is 21.3 Å². The Morgan fingerprint density at radius 2 is 1.83 bits per heavy atom. The standard InChI is InChI=1S/C14H8Cl5N3O2/c1-5(7-4-6(15)2-3-8(7)16)21-22-11-9(17)12(14(23)24)20-13(19)10(11)18/h2-4H,1H3,(H,20,22)(H,23,24)/b21-5+. The number of rotatable bonds is 4. The number of carbonyl (C=O) groups is 1. The van der Waals surface area contributed by atoms with Crippen molar-refractivity contribution in [3.05, 3.63) is 54.7 Å². The molecule has 2 N–H and O–H groups in total. The third-order valence-electron chi connectivity index (χ3n) is 2.89. The Bertz CT molecular complexity index is 855. The highest BCUT2D eigenvalue weighted by Crippen LogP contribution is 2.37. The van der Waals surface area contributed by atoms with Crippen molar-refractivity contribution in [2.45, 2.75) is 6.92 Å². The van der Waals surface area contributed by atoms with Crippen molar-refractivity contribution in [1.82, 2.24) is 4.98 Å². The van der Waals surface area contributed by atoms with Gasteiger partial charge in [0.05, 0.1) is 11.4 Å². The SMILES string of the molecule is C/C(=N\Nc1c(Cl)c(Cl)nc(C(=O)O)c1Cl)c1cc(Cl)ccc1Cl. The molecule has 24 heavy (non-hydrogen) atoms. The Morgan fingerprint density at radius 1 is 1.17 bits per heavy atom. The van der Waals surface area contributed by atoms with Gasteiger partial charge in [-0.2, -0.15) is 5.10 Å². The molecule has 126 valence electrons. The van der Waals surface area contributed by atoms with Crippen molar-refractivity contribution in [2.24, 2.45) is 5.10 Å². The molecular weight excluding hydrogens is 419 g/mol. The third-order valence-corrected chi connectivity index (χ3v) is 4.57. The average molecular weight is 428 g/mol. The second kappa shape index (κ2) is 7.76. The molecule has 0 unspecified atom stereocenters. The number of hydrazone groups is 1. The number of hydrogen-bond acceptors (Lipinski definition) is 4. The van der Waals surface area contributed by atoms with Crippen LogP contribution in [0.5, 0.6) is 0 Å². The number of anilines is 1. The Labute approximate surface area is 162 Å². The number of carboxylic acid groups (broad SMARTS) is 1. The number of nitrogens with one attached hydrogen (secondary N) is 1. The summed E-state index contributed by atoms with van der Waals surface area (Å²) < 4.78 is 0. The lowest BCUT2D eigenvalue weighted by molar-refractivity contribution is 0.0691. The quantitative estimate of drug-likeness (QED) is 0.363. The molecule has 0 spiro atoms. The van der Waals surface area contributed by atoms with Crippen molar-refractivity contribution < 1.29 is 9.90 Å². The van der Waals surface area contributed by atoms with Crippen LogP contribution in [0.2, 0.25) is 25.2 Å². The molecule has 1 aromatic carbocycles. The molecular formula is C14H8Cl5N3O2. The van der Waals surface area contributed by atoms with E-state index in [1.807, 2.05) is 0 Å². The molecule has 0 atom stereocenters. The summed E-state index contributed by atoms with van der Waals surface area (Å²) in [5.74, 6) is -1.35. The second-order valence-electron chi connectivity index (χ2n) is 4.49. The van der Waals surface area contributed by atoms with E-state index in [2.05, 4.69) is 15.5 Å². The van der Waals surface area contributed by atoms with Crippen LogP contribution in [0.25, 0.3) is 0 Å². The summed E-state index contributed by atoms with van der Waals surface area (Å²) in [6, 6.07) is 4.91. The number of halogens is 5. The summed E-state index contributed by atoms with van der Waals surface area (Å²) in [7, 11) is 0. The highest BCUT2D eigenvalue weighted by molar-refractivity contribution is 6.46. The van der Waals surface area contributed by atoms with Crippen LogP contribution < -0.4 is 5.43 Å². The van der Waals surface area contributed by atoms with Crippen molar-refractivity contribution in [3.63, 3.8) is 0 Å². The van der Waals surface area contributed by atoms with Crippen LogP contribution >= 0.6 is 58.0 Å². The van der Waals surface area contributed by atoms with E-state index in [1.54, 1.807) is 25.1 Å². The minimum Gasteiger partial charge on any atom is -0.476 e. The third kappa shape index (κ3) is 4.05. The predicted molar refractivity (Wildman–Crippen MR) is 98.5 cm³/mol. The lowest BCUT2D eigenvalue weighted by Crippen LogP contribution is -2.06. The maximum atomic E-state index is 11.1. The van der Waals surface area contributed by atoms with Gasteiger partial charge in [0.2, 0.25) is 0 Å². The molecule has 0 fully saturated rings. The van der Waals surface area contributed by atoms with Crippen LogP contribution in [0.15, 0.2) is 23.3 Å². The zero-order valence-electron chi connectivity index (χ0n) is 11.9. The zero-order valence-corrected chi connectivity index (χ0v) is 15.7. The summed E-state index contributed by atoms with van der Waals surface area (Å²) in [6.07, 6.45) is 0. The summed E-state index contributed by atoms with van der Waals surface area (Å²) in [5.41, 5.74) is 3.23. The summed E-state index contributed by atoms with van der Waals surface area (Å²) in [4.78, 5) is 14.8. The number of hydrogen-bond donors (Lipinski definition) is 2. The minimum atomic E-state index is -1.35. The van der Waals surface area contributed by atoms with Gasteiger partial charge in [-0.3, -0.25) is 5.43 Å². The number of benzene rings is 1.